The van der Waals surface area contributed by atoms with Crippen LogP contribution in [0.5, 0.6) is 5.75 Å². The van der Waals surface area contributed by atoms with E-state index < -0.39 is 0 Å². The number of methoxy groups -OCH3 is 1. The van der Waals surface area contributed by atoms with Crippen LogP contribution >= 0.6 is 0 Å². The molecule has 118 valence electrons. The largest absolute Gasteiger partial charge is 0.497 e. The Morgan fingerprint density at radius 3 is 2.58 bits per heavy atom. The van der Waals surface area contributed by atoms with Crippen molar-refractivity contribution in [3.05, 3.63) is 64.2 Å². The Kier molecular flexibility index (Phi) is 3.13. The molecule has 7 heteroatoms. The molecule has 2 aromatic carbocycles. The second kappa shape index (κ2) is 5.31. The topological polar surface area (TPSA) is 92.2 Å². The fourth-order valence-electron chi connectivity index (χ4n) is 2.97. The number of amides is 1. The molecule has 2 heterocycles. The van der Waals surface area contributed by atoms with Gasteiger partial charge >= 0.3 is 0 Å². The number of nitroso groups, excluding NO2 is 1. The van der Waals surface area contributed by atoms with Crippen molar-refractivity contribution in [2.75, 3.05) is 17.7 Å². The minimum absolute atomic E-state index is 0.271. The molecule has 0 spiro atoms. The first kappa shape index (κ1) is 14.1. The average Bonchev–Trinajstić information content (AvgIpc) is 3.11. The maximum atomic E-state index is 12.5. The zero-order chi connectivity index (χ0) is 16.7. The van der Waals surface area contributed by atoms with E-state index in [1.807, 2.05) is 24.3 Å². The number of hydrogen-bond acceptors (Lipinski definition) is 5. The van der Waals surface area contributed by atoms with Crippen molar-refractivity contribution >= 4 is 28.6 Å². The van der Waals surface area contributed by atoms with Gasteiger partial charge in [-0.1, -0.05) is 18.2 Å². The van der Waals surface area contributed by atoms with Gasteiger partial charge in [0.05, 0.1) is 23.7 Å². The number of anilines is 2. The van der Waals surface area contributed by atoms with Gasteiger partial charge in [0.2, 0.25) is 0 Å². The highest BCUT2D eigenvalue weighted by atomic mass is 16.5. The molecule has 0 saturated carbocycles. The van der Waals surface area contributed by atoms with Crippen LogP contribution in [0.4, 0.5) is 11.4 Å². The normalized spacial score (nSPS) is 19.5. The van der Waals surface area contributed by atoms with Gasteiger partial charge in [-0.05, 0) is 24.3 Å². The maximum Gasteiger partial charge on any atom is 0.258 e. The van der Waals surface area contributed by atoms with E-state index in [0.29, 0.717) is 34.0 Å². The number of fused-ring (bicyclic) bond motifs is 2. The molecule has 0 aliphatic carbocycles. The third kappa shape index (κ3) is 1.98. The Balaban J connectivity index is 1.96. The zero-order valence-corrected chi connectivity index (χ0v) is 12.7. The summed E-state index contributed by atoms with van der Waals surface area (Å²) in [4.78, 5) is 23.3. The summed E-state index contributed by atoms with van der Waals surface area (Å²) in [5, 5.41) is 12.3. The van der Waals surface area contributed by atoms with Gasteiger partial charge in [-0.2, -0.15) is 0 Å². The molecule has 0 aromatic heterocycles. The van der Waals surface area contributed by atoms with Crippen molar-refractivity contribution in [2.24, 2.45) is 10.4 Å². The maximum absolute atomic E-state index is 12.5. The van der Waals surface area contributed by atoms with Crippen LogP contribution in [0.15, 0.2) is 58.5 Å². The number of rotatable bonds is 2. The van der Waals surface area contributed by atoms with E-state index in [0.717, 1.165) is 11.3 Å². The Bertz CT molecular complexity index is 947. The standard InChI is InChI=1S/C17H12N4O3/c1-24-9-6-7-13-11(8-9)14(17(22)19-13)16-15(20-21-23)10-4-2-3-5-12(10)18-16/h2-8,18H,1H3,(H,19,22)/b16-14-,20-15+. The first-order valence-corrected chi connectivity index (χ1v) is 7.24. The zero-order valence-electron chi connectivity index (χ0n) is 12.7. The van der Waals surface area contributed by atoms with Gasteiger partial charge in [-0.15, -0.1) is 10.0 Å². The Hall–Kier alpha value is -3.48. The molecule has 0 radical (unpaired) electrons. The molecule has 0 fully saturated rings. The van der Waals surface area contributed by atoms with Crippen LogP contribution in [0.25, 0.3) is 5.57 Å². The predicted octanol–water partition coefficient (Wildman–Crippen LogP) is 2.95. The minimum Gasteiger partial charge on any atom is -0.497 e. The highest BCUT2D eigenvalue weighted by Gasteiger charge is 2.34. The summed E-state index contributed by atoms with van der Waals surface area (Å²) in [5.41, 5.74) is 4.08. The molecular formula is C17H12N4O3. The summed E-state index contributed by atoms with van der Waals surface area (Å²) in [6.45, 7) is 0. The van der Waals surface area contributed by atoms with Crippen molar-refractivity contribution in [3.63, 3.8) is 0 Å². The average molecular weight is 320 g/mol. The SMILES string of the molecule is COc1ccc2c(c1)/C(=C1/Nc3ccccc3/C1=N\N=O)C(=O)N2. The first-order chi connectivity index (χ1) is 11.7. The van der Waals surface area contributed by atoms with Crippen LogP contribution in [0.2, 0.25) is 0 Å². The van der Waals surface area contributed by atoms with E-state index in [1.54, 1.807) is 25.3 Å². The molecule has 0 saturated heterocycles. The number of nitrogens with one attached hydrogen (secondary N) is 2. The summed E-state index contributed by atoms with van der Waals surface area (Å²) in [6.07, 6.45) is 0. The van der Waals surface area contributed by atoms with Gasteiger partial charge in [0.1, 0.15) is 11.5 Å². The van der Waals surface area contributed by atoms with Crippen LogP contribution in [0, 0.1) is 4.91 Å². The molecule has 7 nitrogen and oxygen atoms in total. The van der Waals surface area contributed by atoms with E-state index in [-0.39, 0.29) is 5.91 Å². The molecular weight excluding hydrogens is 308 g/mol. The third-order valence-electron chi connectivity index (χ3n) is 4.04. The van der Waals surface area contributed by atoms with Crippen molar-refractivity contribution in [1.29, 1.82) is 0 Å². The van der Waals surface area contributed by atoms with E-state index in [1.165, 1.54) is 0 Å². The summed E-state index contributed by atoms with van der Waals surface area (Å²) in [5.74, 6) is 0.359. The molecule has 4 rings (SSSR count). The van der Waals surface area contributed by atoms with Gasteiger partial charge in [0.15, 0.2) is 0 Å². The van der Waals surface area contributed by atoms with E-state index >= 15 is 0 Å². The Morgan fingerprint density at radius 2 is 1.79 bits per heavy atom. The highest BCUT2D eigenvalue weighted by molar-refractivity contribution is 6.39. The number of nitrogens with zero attached hydrogens (tertiary/aromatic N) is 2. The summed E-state index contributed by atoms with van der Waals surface area (Å²) in [6, 6.07) is 12.7. The van der Waals surface area contributed by atoms with E-state index in [2.05, 4.69) is 21.0 Å². The fraction of sp³-hybridized carbons (Fsp3) is 0.0588. The second-order valence-electron chi connectivity index (χ2n) is 5.32. The molecule has 2 N–H and O–H groups in total. The van der Waals surface area contributed by atoms with Gasteiger partial charge < -0.3 is 15.4 Å². The molecule has 2 aliphatic rings. The molecule has 2 aliphatic heterocycles. The van der Waals surface area contributed by atoms with Crippen molar-refractivity contribution in [3.8, 4) is 5.75 Å². The van der Waals surface area contributed by atoms with Crippen LogP contribution in [0.3, 0.4) is 0 Å². The van der Waals surface area contributed by atoms with Gasteiger partial charge in [-0.3, -0.25) is 4.79 Å². The fourth-order valence-corrected chi connectivity index (χ4v) is 2.97. The van der Waals surface area contributed by atoms with Crippen LogP contribution in [-0.4, -0.2) is 18.7 Å². The molecule has 24 heavy (non-hydrogen) atoms. The van der Waals surface area contributed by atoms with Crippen LogP contribution < -0.4 is 15.4 Å². The van der Waals surface area contributed by atoms with Crippen molar-refractivity contribution < 1.29 is 9.53 Å². The quantitative estimate of drug-likeness (QED) is 0.505. The Labute approximate surface area is 137 Å². The third-order valence-corrected chi connectivity index (χ3v) is 4.04. The second-order valence-corrected chi connectivity index (χ2v) is 5.32. The highest BCUT2D eigenvalue weighted by Crippen LogP contribution is 2.40. The van der Waals surface area contributed by atoms with Gasteiger partial charge in [-0.25, -0.2) is 0 Å². The summed E-state index contributed by atoms with van der Waals surface area (Å²) < 4.78 is 5.24. The number of carbonyl (C=O) groups excluding carboxylic acids is 1. The molecule has 0 atom stereocenters. The van der Waals surface area contributed by atoms with Crippen molar-refractivity contribution in [2.45, 2.75) is 0 Å². The molecule has 0 unspecified atom stereocenters. The lowest BCUT2D eigenvalue weighted by atomic mass is 10.0. The number of carbonyl (C=O) groups is 1. The van der Waals surface area contributed by atoms with Crippen LogP contribution in [-0.2, 0) is 4.79 Å². The lowest BCUT2D eigenvalue weighted by molar-refractivity contribution is -0.110. The number of para-hydroxylation sites is 1. The van der Waals surface area contributed by atoms with Gasteiger partial charge in [0.25, 0.3) is 5.91 Å². The number of ether oxygens (including phenoxy) is 1. The van der Waals surface area contributed by atoms with E-state index in [4.69, 9.17) is 4.74 Å². The number of allylic oxidation sites excluding steroid dienone is 1. The monoisotopic (exact) mass is 320 g/mol. The Morgan fingerprint density at radius 1 is 1.00 bits per heavy atom. The van der Waals surface area contributed by atoms with Crippen molar-refractivity contribution in [1.82, 2.24) is 0 Å². The smallest absolute Gasteiger partial charge is 0.258 e. The predicted molar refractivity (Wildman–Crippen MR) is 90.9 cm³/mol. The minimum atomic E-state index is -0.271. The molecule has 0 bridgehead atoms. The lowest BCUT2D eigenvalue weighted by Crippen LogP contribution is -2.12. The molecule has 1 amide bonds. The summed E-state index contributed by atoms with van der Waals surface area (Å²) in [7, 11) is 1.56. The summed E-state index contributed by atoms with van der Waals surface area (Å²) >= 11 is 0. The van der Waals surface area contributed by atoms with E-state index in [9.17, 15) is 9.70 Å². The first-order valence-electron chi connectivity index (χ1n) is 7.24. The van der Waals surface area contributed by atoms with Crippen LogP contribution in [0.1, 0.15) is 11.1 Å². The number of benzene rings is 2. The van der Waals surface area contributed by atoms with Gasteiger partial charge in [0, 0.05) is 22.5 Å². The number of hydrogen-bond donors (Lipinski definition) is 2. The lowest BCUT2D eigenvalue weighted by Gasteiger charge is -2.06. The molecule has 2 aromatic rings.